The second-order valence-electron chi connectivity index (χ2n) is 6.67. The second kappa shape index (κ2) is 9.29. The van der Waals surface area contributed by atoms with Crippen LogP contribution in [0.25, 0.3) is 11.1 Å². The van der Waals surface area contributed by atoms with E-state index < -0.39 is 10.0 Å². The second-order valence-corrected chi connectivity index (χ2v) is 8.50. The minimum Gasteiger partial charge on any atom is -0.398 e. The van der Waals surface area contributed by atoms with E-state index >= 15 is 0 Å². The van der Waals surface area contributed by atoms with Gasteiger partial charge in [0.2, 0.25) is 5.88 Å². The SMILES string of the molecule is COCCOCN(c1onc(C)c1C)S(=O)(=O)c1ccccc1-c1ccccc1N. The third-order valence-electron chi connectivity index (χ3n) is 4.71. The lowest BCUT2D eigenvalue weighted by molar-refractivity contribution is 0.0744. The number of ether oxygens (including phenoxy) is 2. The lowest BCUT2D eigenvalue weighted by Gasteiger charge is -2.23. The number of benzene rings is 2. The van der Waals surface area contributed by atoms with Crippen LogP contribution in [0.1, 0.15) is 11.3 Å². The molecule has 30 heavy (non-hydrogen) atoms. The van der Waals surface area contributed by atoms with Gasteiger partial charge in [-0.05, 0) is 26.0 Å². The number of hydrogen-bond acceptors (Lipinski definition) is 7. The Hall–Kier alpha value is -2.88. The fraction of sp³-hybridized carbons (Fsp3) is 0.286. The van der Waals surface area contributed by atoms with Gasteiger partial charge in [-0.2, -0.15) is 0 Å². The normalized spacial score (nSPS) is 11.6. The summed E-state index contributed by atoms with van der Waals surface area (Å²) in [6.45, 7) is 3.80. The fourth-order valence-corrected chi connectivity index (χ4v) is 4.48. The van der Waals surface area contributed by atoms with Crippen LogP contribution in [0.3, 0.4) is 0 Å². The molecule has 2 aromatic carbocycles. The predicted octanol–water partition coefficient (Wildman–Crippen LogP) is 3.36. The topological polar surface area (TPSA) is 108 Å². The summed E-state index contributed by atoms with van der Waals surface area (Å²) in [5.41, 5.74) is 8.93. The molecule has 0 fully saturated rings. The maximum atomic E-state index is 13.7. The number of aryl methyl sites for hydroxylation is 1. The molecule has 0 radical (unpaired) electrons. The van der Waals surface area contributed by atoms with Gasteiger partial charge in [0.25, 0.3) is 10.0 Å². The number of hydrogen-bond donors (Lipinski definition) is 1. The molecule has 9 heteroatoms. The maximum Gasteiger partial charge on any atom is 0.269 e. The van der Waals surface area contributed by atoms with Crippen LogP contribution in [0.15, 0.2) is 57.9 Å². The molecule has 0 unspecified atom stereocenters. The van der Waals surface area contributed by atoms with E-state index in [1.807, 2.05) is 6.07 Å². The van der Waals surface area contributed by atoms with Crippen molar-refractivity contribution in [2.24, 2.45) is 0 Å². The van der Waals surface area contributed by atoms with Crippen LogP contribution in [-0.4, -0.2) is 40.6 Å². The molecule has 0 aliphatic rings. The molecule has 1 heterocycles. The number of methoxy groups -OCH3 is 1. The first kappa shape index (κ1) is 21.8. The maximum absolute atomic E-state index is 13.7. The quantitative estimate of drug-likeness (QED) is 0.314. The number of sulfonamides is 1. The first-order valence-electron chi connectivity index (χ1n) is 9.34. The molecule has 0 aliphatic heterocycles. The molecule has 2 N–H and O–H groups in total. The highest BCUT2D eigenvalue weighted by molar-refractivity contribution is 7.93. The summed E-state index contributed by atoms with van der Waals surface area (Å²) in [4.78, 5) is 0.0895. The van der Waals surface area contributed by atoms with Crippen molar-refractivity contribution < 1.29 is 22.4 Å². The van der Waals surface area contributed by atoms with Crippen molar-refractivity contribution in [2.75, 3.05) is 37.1 Å². The molecule has 160 valence electrons. The van der Waals surface area contributed by atoms with Gasteiger partial charge in [-0.25, -0.2) is 12.7 Å². The Morgan fingerprint density at radius 1 is 1.03 bits per heavy atom. The molecule has 8 nitrogen and oxygen atoms in total. The van der Waals surface area contributed by atoms with Gasteiger partial charge >= 0.3 is 0 Å². The van der Waals surface area contributed by atoms with Gasteiger partial charge in [0.1, 0.15) is 6.73 Å². The van der Waals surface area contributed by atoms with Gasteiger partial charge < -0.3 is 19.7 Å². The van der Waals surface area contributed by atoms with E-state index in [2.05, 4.69) is 5.16 Å². The van der Waals surface area contributed by atoms with E-state index in [1.54, 1.807) is 57.4 Å². The van der Waals surface area contributed by atoms with E-state index in [0.29, 0.717) is 34.7 Å². The molecule has 1 aromatic heterocycles. The van der Waals surface area contributed by atoms with Crippen LogP contribution < -0.4 is 10.0 Å². The Morgan fingerprint density at radius 2 is 1.70 bits per heavy atom. The summed E-state index contributed by atoms with van der Waals surface area (Å²) in [5.74, 6) is 0.112. The summed E-state index contributed by atoms with van der Waals surface area (Å²) in [6.07, 6.45) is 0. The van der Waals surface area contributed by atoms with Crippen LogP contribution in [0.2, 0.25) is 0 Å². The van der Waals surface area contributed by atoms with Crippen molar-refractivity contribution in [3.63, 3.8) is 0 Å². The summed E-state index contributed by atoms with van der Waals surface area (Å²) >= 11 is 0. The van der Waals surface area contributed by atoms with Gasteiger partial charge in [-0.3, -0.25) is 0 Å². The average Bonchev–Trinajstić information content (AvgIpc) is 3.06. The van der Waals surface area contributed by atoms with E-state index in [0.717, 1.165) is 4.31 Å². The van der Waals surface area contributed by atoms with Gasteiger partial charge in [0.05, 0.1) is 23.8 Å². The Labute approximate surface area is 176 Å². The minimum absolute atomic E-state index is 0.0895. The van der Waals surface area contributed by atoms with Gasteiger partial charge in [-0.1, -0.05) is 41.6 Å². The zero-order chi connectivity index (χ0) is 21.7. The fourth-order valence-electron chi connectivity index (χ4n) is 2.94. The van der Waals surface area contributed by atoms with Crippen molar-refractivity contribution in [3.8, 4) is 11.1 Å². The average molecular weight is 432 g/mol. The third-order valence-corrected chi connectivity index (χ3v) is 6.47. The Bertz CT molecular complexity index is 1110. The summed E-state index contributed by atoms with van der Waals surface area (Å²) in [6, 6.07) is 13.8. The summed E-state index contributed by atoms with van der Waals surface area (Å²) < 4.78 is 44.4. The van der Waals surface area contributed by atoms with Crippen molar-refractivity contribution in [1.82, 2.24) is 5.16 Å². The first-order chi connectivity index (χ1) is 14.4. The van der Waals surface area contributed by atoms with Crippen LogP contribution in [0.5, 0.6) is 0 Å². The lowest BCUT2D eigenvalue weighted by Crippen LogP contribution is -2.34. The summed E-state index contributed by atoms with van der Waals surface area (Å²) in [5, 5.41) is 3.90. The zero-order valence-electron chi connectivity index (χ0n) is 17.2. The van der Waals surface area contributed by atoms with E-state index in [9.17, 15) is 8.42 Å². The molecule has 0 aliphatic carbocycles. The van der Waals surface area contributed by atoms with Gasteiger partial charge in [-0.15, -0.1) is 0 Å². The Morgan fingerprint density at radius 3 is 2.33 bits per heavy atom. The molecular formula is C21H25N3O5S. The van der Waals surface area contributed by atoms with E-state index in [-0.39, 0.29) is 24.1 Å². The van der Waals surface area contributed by atoms with Gasteiger partial charge in [0.15, 0.2) is 0 Å². The number of nitrogen functional groups attached to an aromatic ring is 1. The predicted molar refractivity (Wildman–Crippen MR) is 115 cm³/mol. The van der Waals surface area contributed by atoms with Crippen LogP contribution >= 0.6 is 0 Å². The lowest BCUT2D eigenvalue weighted by atomic mass is 10.0. The Balaban J connectivity index is 2.10. The van der Waals surface area contributed by atoms with Gasteiger partial charge in [0, 0.05) is 29.5 Å². The van der Waals surface area contributed by atoms with E-state index in [4.69, 9.17) is 19.7 Å². The number of nitrogens with two attached hydrogens (primary N) is 1. The Kier molecular flexibility index (Phi) is 6.76. The summed E-state index contributed by atoms with van der Waals surface area (Å²) in [7, 11) is -2.52. The largest absolute Gasteiger partial charge is 0.398 e. The molecular weight excluding hydrogens is 406 g/mol. The number of aromatic nitrogens is 1. The standard InChI is InChI=1S/C21H25N3O5S/c1-15-16(2)23-29-21(15)24(14-28-13-12-27-3)30(25,26)20-11-7-5-9-18(20)17-8-4-6-10-19(17)22/h4-11H,12-14,22H2,1-3H3. The molecule has 0 spiro atoms. The third kappa shape index (κ3) is 4.33. The molecule has 0 amide bonds. The molecule has 0 bridgehead atoms. The monoisotopic (exact) mass is 431 g/mol. The number of nitrogens with zero attached hydrogens (tertiary/aromatic N) is 2. The van der Waals surface area contributed by atoms with Crippen molar-refractivity contribution in [2.45, 2.75) is 18.7 Å². The van der Waals surface area contributed by atoms with Crippen LogP contribution in [0.4, 0.5) is 11.6 Å². The highest BCUT2D eigenvalue weighted by Crippen LogP contribution is 2.35. The molecule has 0 atom stereocenters. The molecule has 0 saturated carbocycles. The first-order valence-corrected chi connectivity index (χ1v) is 10.8. The van der Waals surface area contributed by atoms with Crippen molar-refractivity contribution in [3.05, 3.63) is 59.8 Å². The molecule has 0 saturated heterocycles. The minimum atomic E-state index is -4.07. The van der Waals surface area contributed by atoms with Crippen LogP contribution in [0, 0.1) is 13.8 Å². The molecule has 3 aromatic rings. The number of anilines is 2. The van der Waals surface area contributed by atoms with Crippen molar-refractivity contribution >= 4 is 21.6 Å². The van der Waals surface area contributed by atoms with E-state index in [1.165, 1.54) is 6.07 Å². The number of rotatable bonds is 9. The number of para-hydroxylation sites is 1. The smallest absolute Gasteiger partial charge is 0.269 e. The molecule has 3 rings (SSSR count). The van der Waals surface area contributed by atoms with Crippen molar-refractivity contribution in [1.29, 1.82) is 0 Å². The highest BCUT2D eigenvalue weighted by Gasteiger charge is 2.32. The van der Waals surface area contributed by atoms with Crippen LogP contribution in [-0.2, 0) is 19.5 Å². The highest BCUT2D eigenvalue weighted by atomic mass is 32.2. The zero-order valence-corrected chi connectivity index (χ0v) is 18.0.